The van der Waals surface area contributed by atoms with Crippen molar-refractivity contribution in [2.75, 3.05) is 5.73 Å². The zero-order chi connectivity index (χ0) is 12.5. The molecule has 0 amide bonds. The minimum absolute atomic E-state index is 0.216. The van der Waals surface area contributed by atoms with Crippen LogP contribution in [0.4, 0.5) is 10.3 Å². The van der Waals surface area contributed by atoms with Gasteiger partial charge >= 0.3 is 0 Å². The van der Waals surface area contributed by atoms with Crippen molar-refractivity contribution in [2.45, 2.75) is 0 Å². The molecule has 2 N–H and O–H groups in total. The summed E-state index contributed by atoms with van der Waals surface area (Å²) in [5, 5.41) is 0.901. The molecule has 0 unspecified atom stereocenters. The molecule has 0 atom stereocenters. The first kappa shape index (κ1) is 10.7. The molecule has 0 aliphatic carbocycles. The topological polar surface area (TPSA) is 51.8 Å². The Bertz CT molecular complexity index is 708. The van der Waals surface area contributed by atoms with Crippen molar-refractivity contribution in [1.82, 2.24) is 9.97 Å². The van der Waals surface area contributed by atoms with Gasteiger partial charge in [-0.1, -0.05) is 18.2 Å². The van der Waals surface area contributed by atoms with Gasteiger partial charge in [0.25, 0.3) is 0 Å². The highest BCUT2D eigenvalue weighted by atomic mass is 19.1. The van der Waals surface area contributed by atoms with E-state index in [0.717, 1.165) is 22.2 Å². The van der Waals surface area contributed by atoms with Crippen molar-refractivity contribution in [3.05, 3.63) is 54.3 Å². The van der Waals surface area contributed by atoms with Crippen molar-refractivity contribution < 1.29 is 4.39 Å². The molecule has 0 aliphatic heterocycles. The zero-order valence-electron chi connectivity index (χ0n) is 9.47. The van der Waals surface area contributed by atoms with E-state index in [0.29, 0.717) is 0 Å². The second kappa shape index (κ2) is 4.07. The van der Waals surface area contributed by atoms with E-state index in [2.05, 4.69) is 9.97 Å². The van der Waals surface area contributed by atoms with Gasteiger partial charge in [0, 0.05) is 10.9 Å². The van der Waals surface area contributed by atoms with Crippen LogP contribution >= 0.6 is 0 Å². The number of fused-ring (bicyclic) bond motifs is 1. The Kier molecular flexibility index (Phi) is 2.41. The molecule has 0 saturated heterocycles. The molecule has 0 aliphatic rings. The molecule has 4 heteroatoms. The molecule has 2 aromatic carbocycles. The SMILES string of the molecule is Nc1nc(-c2ccc(F)cc2)c2ccccc2n1. The van der Waals surface area contributed by atoms with Gasteiger partial charge in [0.1, 0.15) is 5.82 Å². The predicted octanol–water partition coefficient (Wildman–Crippen LogP) is 3.02. The Morgan fingerprint density at radius 2 is 1.61 bits per heavy atom. The maximum Gasteiger partial charge on any atom is 0.221 e. The van der Waals surface area contributed by atoms with Crippen molar-refractivity contribution in [3.63, 3.8) is 0 Å². The highest BCUT2D eigenvalue weighted by molar-refractivity contribution is 5.92. The number of nitrogens with zero attached hydrogens (tertiary/aromatic N) is 2. The van der Waals surface area contributed by atoms with Crippen molar-refractivity contribution in [2.24, 2.45) is 0 Å². The average molecular weight is 239 g/mol. The maximum absolute atomic E-state index is 12.9. The molecule has 1 heterocycles. The molecule has 0 bridgehead atoms. The van der Waals surface area contributed by atoms with Crippen LogP contribution in [0.2, 0.25) is 0 Å². The van der Waals surface area contributed by atoms with E-state index in [9.17, 15) is 4.39 Å². The predicted molar refractivity (Wildman–Crippen MR) is 69.3 cm³/mol. The van der Waals surface area contributed by atoms with Crippen molar-refractivity contribution >= 4 is 16.9 Å². The van der Waals surface area contributed by atoms with E-state index in [1.54, 1.807) is 12.1 Å². The van der Waals surface area contributed by atoms with Crippen LogP contribution in [0.1, 0.15) is 0 Å². The van der Waals surface area contributed by atoms with E-state index in [1.807, 2.05) is 24.3 Å². The molecule has 0 saturated carbocycles. The lowest BCUT2D eigenvalue weighted by Crippen LogP contribution is -1.97. The van der Waals surface area contributed by atoms with Crippen LogP contribution in [-0.4, -0.2) is 9.97 Å². The van der Waals surface area contributed by atoms with E-state index >= 15 is 0 Å². The molecule has 88 valence electrons. The largest absolute Gasteiger partial charge is 0.368 e. The third-order valence-electron chi connectivity index (χ3n) is 2.74. The minimum Gasteiger partial charge on any atom is -0.368 e. The smallest absolute Gasteiger partial charge is 0.221 e. The fourth-order valence-electron chi connectivity index (χ4n) is 1.92. The average Bonchev–Trinajstić information content (AvgIpc) is 2.38. The zero-order valence-corrected chi connectivity index (χ0v) is 9.47. The van der Waals surface area contributed by atoms with Crippen molar-refractivity contribution in [3.8, 4) is 11.3 Å². The number of nitrogen functional groups attached to an aromatic ring is 1. The monoisotopic (exact) mass is 239 g/mol. The first-order valence-corrected chi connectivity index (χ1v) is 5.52. The van der Waals surface area contributed by atoms with Gasteiger partial charge in [0.15, 0.2) is 0 Å². The van der Waals surface area contributed by atoms with Crippen LogP contribution < -0.4 is 5.73 Å². The first-order valence-electron chi connectivity index (χ1n) is 5.52. The summed E-state index contributed by atoms with van der Waals surface area (Å²) in [6.45, 7) is 0. The molecule has 0 spiro atoms. The van der Waals surface area contributed by atoms with Crippen LogP contribution in [0, 0.1) is 5.82 Å². The van der Waals surface area contributed by atoms with E-state index in [-0.39, 0.29) is 11.8 Å². The standard InChI is InChI=1S/C14H10FN3/c15-10-7-5-9(6-8-10)13-11-3-1-2-4-12(11)17-14(16)18-13/h1-8H,(H2,16,17,18). The maximum atomic E-state index is 12.9. The summed E-state index contributed by atoms with van der Waals surface area (Å²) in [6.07, 6.45) is 0. The summed E-state index contributed by atoms with van der Waals surface area (Å²) in [5.41, 5.74) is 8.02. The van der Waals surface area contributed by atoms with Crippen LogP contribution in [0.15, 0.2) is 48.5 Å². The first-order chi connectivity index (χ1) is 8.74. The Balaban J connectivity index is 2.31. The third kappa shape index (κ3) is 1.78. The molecular weight excluding hydrogens is 229 g/mol. The fourth-order valence-corrected chi connectivity index (χ4v) is 1.92. The van der Waals surface area contributed by atoms with Gasteiger partial charge in [-0.2, -0.15) is 0 Å². The number of para-hydroxylation sites is 1. The molecule has 0 fully saturated rings. The highest BCUT2D eigenvalue weighted by Crippen LogP contribution is 2.26. The summed E-state index contributed by atoms with van der Waals surface area (Å²) in [5.74, 6) is -0.0573. The Labute approximate surface area is 103 Å². The summed E-state index contributed by atoms with van der Waals surface area (Å²) < 4.78 is 12.9. The lowest BCUT2D eigenvalue weighted by Gasteiger charge is -2.06. The molecular formula is C14H10FN3. The van der Waals surface area contributed by atoms with Gasteiger partial charge in [0.05, 0.1) is 11.2 Å². The molecule has 0 radical (unpaired) electrons. The lowest BCUT2D eigenvalue weighted by molar-refractivity contribution is 0.628. The molecule has 18 heavy (non-hydrogen) atoms. The van der Waals surface area contributed by atoms with Crippen LogP contribution in [0.25, 0.3) is 22.2 Å². The highest BCUT2D eigenvalue weighted by Gasteiger charge is 2.07. The lowest BCUT2D eigenvalue weighted by atomic mass is 10.1. The quantitative estimate of drug-likeness (QED) is 0.710. The number of rotatable bonds is 1. The van der Waals surface area contributed by atoms with E-state index in [1.165, 1.54) is 12.1 Å². The number of halogens is 1. The Hall–Kier alpha value is -2.49. The van der Waals surface area contributed by atoms with Crippen molar-refractivity contribution in [1.29, 1.82) is 0 Å². The van der Waals surface area contributed by atoms with Gasteiger partial charge < -0.3 is 5.73 Å². The Morgan fingerprint density at radius 3 is 2.39 bits per heavy atom. The van der Waals surface area contributed by atoms with Gasteiger partial charge in [-0.05, 0) is 30.3 Å². The number of hydrogen-bond acceptors (Lipinski definition) is 3. The minimum atomic E-state index is -0.273. The second-order valence-corrected chi connectivity index (χ2v) is 3.95. The van der Waals surface area contributed by atoms with Crippen LogP contribution in [0.3, 0.4) is 0 Å². The number of hydrogen-bond donors (Lipinski definition) is 1. The normalized spacial score (nSPS) is 10.7. The third-order valence-corrected chi connectivity index (χ3v) is 2.74. The number of nitrogens with two attached hydrogens (primary N) is 1. The second-order valence-electron chi connectivity index (χ2n) is 3.95. The number of aromatic nitrogens is 2. The number of anilines is 1. The fraction of sp³-hybridized carbons (Fsp3) is 0. The van der Waals surface area contributed by atoms with Gasteiger partial charge in [-0.15, -0.1) is 0 Å². The van der Waals surface area contributed by atoms with Crippen LogP contribution in [-0.2, 0) is 0 Å². The van der Waals surface area contributed by atoms with Gasteiger partial charge in [0.2, 0.25) is 5.95 Å². The van der Waals surface area contributed by atoms with Gasteiger partial charge in [-0.3, -0.25) is 0 Å². The van der Waals surface area contributed by atoms with Gasteiger partial charge in [-0.25, -0.2) is 14.4 Å². The molecule has 3 aromatic rings. The molecule has 3 rings (SSSR count). The summed E-state index contributed by atoms with van der Waals surface area (Å²) >= 11 is 0. The number of benzene rings is 2. The van der Waals surface area contributed by atoms with E-state index in [4.69, 9.17) is 5.73 Å². The Morgan fingerprint density at radius 1 is 0.889 bits per heavy atom. The molecule has 3 nitrogen and oxygen atoms in total. The van der Waals surface area contributed by atoms with Crippen LogP contribution in [0.5, 0.6) is 0 Å². The molecule has 1 aromatic heterocycles. The van der Waals surface area contributed by atoms with E-state index < -0.39 is 0 Å². The summed E-state index contributed by atoms with van der Waals surface area (Å²) in [4.78, 5) is 8.42. The summed E-state index contributed by atoms with van der Waals surface area (Å²) in [7, 11) is 0. The summed E-state index contributed by atoms with van der Waals surface area (Å²) in [6, 6.07) is 13.8.